The molecule has 3 rings (SSSR count). The van der Waals surface area contributed by atoms with Gasteiger partial charge in [0.15, 0.2) is 5.65 Å². The van der Waals surface area contributed by atoms with Crippen molar-refractivity contribution in [3.8, 4) is 11.4 Å². The van der Waals surface area contributed by atoms with E-state index in [4.69, 9.17) is 0 Å². The summed E-state index contributed by atoms with van der Waals surface area (Å²) in [4.78, 5) is 12.1. The van der Waals surface area contributed by atoms with E-state index in [2.05, 4.69) is 62.1 Å². The zero-order valence-electron chi connectivity index (χ0n) is 9.94. The monoisotopic (exact) mass is 301 g/mol. The molecule has 0 aliphatic heterocycles. The van der Waals surface area contributed by atoms with Crippen LogP contribution in [0.15, 0.2) is 41.0 Å². The Morgan fingerprint density at radius 1 is 1.28 bits per heavy atom. The molecule has 4 heteroatoms. The number of hydrogen-bond donors (Lipinski definition) is 1. The van der Waals surface area contributed by atoms with Gasteiger partial charge in [-0.05, 0) is 40.0 Å². The first kappa shape index (κ1) is 11.4. The number of imidazole rings is 1. The van der Waals surface area contributed by atoms with Crippen molar-refractivity contribution in [2.24, 2.45) is 0 Å². The first-order valence-electron chi connectivity index (χ1n) is 5.87. The molecule has 3 aromatic rings. The molecule has 0 fully saturated rings. The Hall–Kier alpha value is -1.68. The first-order chi connectivity index (χ1) is 8.76. The Morgan fingerprint density at radius 3 is 3.00 bits per heavy atom. The largest absolute Gasteiger partial charge is 0.337 e. The normalized spacial score (nSPS) is 11.0. The number of fused-ring (bicyclic) bond motifs is 1. The van der Waals surface area contributed by atoms with Gasteiger partial charge in [0.25, 0.3) is 0 Å². The van der Waals surface area contributed by atoms with Gasteiger partial charge in [0, 0.05) is 16.2 Å². The molecule has 0 radical (unpaired) electrons. The van der Waals surface area contributed by atoms with E-state index in [1.807, 2.05) is 6.07 Å². The Kier molecular flexibility index (Phi) is 2.88. The Balaban J connectivity index is 2.13. The van der Waals surface area contributed by atoms with Crippen LogP contribution < -0.4 is 0 Å². The molecule has 0 atom stereocenters. The van der Waals surface area contributed by atoms with Gasteiger partial charge in [0.1, 0.15) is 5.82 Å². The molecule has 1 N–H and O–H groups in total. The molecule has 3 nitrogen and oxygen atoms in total. The topological polar surface area (TPSA) is 41.6 Å². The van der Waals surface area contributed by atoms with E-state index in [-0.39, 0.29) is 0 Å². The van der Waals surface area contributed by atoms with Crippen molar-refractivity contribution in [2.45, 2.75) is 13.3 Å². The maximum Gasteiger partial charge on any atom is 0.178 e. The second kappa shape index (κ2) is 4.53. The summed E-state index contributed by atoms with van der Waals surface area (Å²) in [6.45, 7) is 2.15. The number of benzene rings is 1. The highest BCUT2D eigenvalue weighted by Gasteiger charge is 2.06. The van der Waals surface area contributed by atoms with E-state index >= 15 is 0 Å². The number of aromatic nitrogens is 3. The molecule has 0 amide bonds. The number of rotatable bonds is 2. The minimum Gasteiger partial charge on any atom is -0.337 e. The average molecular weight is 302 g/mol. The van der Waals surface area contributed by atoms with Crippen LogP contribution in [0.3, 0.4) is 0 Å². The van der Waals surface area contributed by atoms with Crippen molar-refractivity contribution >= 4 is 27.1 Å². The zero-order chi connectivity index (χ0) is 12.5. The van der Waals surface area contributed by atoms with Crippen LogP contribution >= 0.6 is 15.9 Å². The third-order valence-electron chi connectivity index (χ3n) is 2.91. The van der Waals surface area contributed by atoms with E-state index in [1.165, 1.54) is 5.56 Å². The second-order valence-corrected chi connectivity index (χ2v) is 5.08. The van der Waals surface area contributed by atoms with Crippen molar-refractivity contribution in [1.82, 2.24) is 15.0 Å². The fourth-order valence-corrected chi connectivity index (χ4v) is 2.28. The van der Waals surface area contributed by atoms with Crippen molar-refractivity contribution in [3.05, 3.63) is 46.6 Å². The van der Waals surface area contributed by atoms with Crippen LogP contribution in [-0.4, -0.2) is 15.0 Å². The minimum absolute atomic E-state index is 0.745. The molecule has 0 aliphatic rings. The van der Waals surface area contributed by atoms with Gasteiger partial charge in [-0.25, -0.2) is 9.97 Å². The number of pyridine rings is 1. The highest BCUT2D eigenvalue weighted by molar-refractivity contribution is 9.10. The maximum atomic E-state index is 4.51. The molecule has 1 aromatic carbocycles. The summed E-state index contributed by atoms with van der Waals surface area (Å²) < 4.78 is 0.951. The number of nitrogens with zero attached hydrogens (tertiary/aromatic N) is 2. The van der Waals surface area contributed by atoms with E-state index in [1.54, 1.807) is 6.20 Å². The summed E-state index contributed by atoms with van der Waals surface area (Å²) in [5.41, 5.74) is 4.10. The number of halogens is 1. The lowest BCUT2D eigenvalue weighted by atomic mass is 10.1. The Bertz CT molecular complexity index is 703. The fourth-order valence-electron chi connectivity index (χ4n) is 1.95. The van der Waals surface area contributed by atoms with Gasteiger partial charge in [0.2, 0.25) is 0 Å². The van der Waals surface area contributed by atoms with Crippen LogP contribution in [0.25, 0.3) is 22.6 Å². The summed E-state index contributed by atoms with van der Waals surface area (Å²) in [6, 6.07) is 10.4. The molecule has 0 bridgehead atoms. The molecule has 0 unspecified atom stereocenters. The highest BCUT2D eigenvalue weighted by atomic mass is 79.9. The number of aromatic amines is 1. The summed E-state index contributed by atoms with van der Waals surface area (Å²) in [5.74, 6) is 0.867. The lowest BCUT2D eigenvalue weighted by molar-refractivity contribution is 1.14. The SMILES string of the molecule is CCc1cccc(-c2nc3ncc(Br)cc3[nH]2)c1. The van der Waals surface area contributed by atoms with Gasteiger partial charge in [-0.1, -0.05) is 25.1 Å². The quantitative estimate of drug-likeness (QED) is 0.778. The van der Waals surface area contributed by atoms with Gasteiger partial charge >= 0.3 is 0 Å². The van der Waals surface area contributed by atoms with E-state index in [0.29, 0.717) is 0 Å². The summed E-state index contributed by atoms with van der Waals surface area (Å²) in [6.07, 6.45) is 2.79. The number of hydrogen-bond acceptors (Lipinski definition) is 2. The van der Waals surface area contributed by atoms with Crippen LogP contribution in [0.2, 0.25) is 0 Å². The van der Waals surface area contributed by atoms with Crippen LogP contribution in [0.5, 0.6) is 0 Å². The second-order valence-electron chi connectivity index (χ2n) is 4.16. The predicted octanol–water partition coefficient (Wildman–Crippen LogP) is 3.95. The number of aryl methyl sites for hydroxylation is 1. The molecule has 0 aliphatic carbocycles. The van der Waals surface area contributed by atoms with Crippen molar-refractivity contribution in [2.75, 3.05) is 0 Å². The van der Waals surface area contributed by atoms with Crippen molar-refractivity contribution in [1.29, 1.82) is 0 Å². The fraction of sp³-hybridized carbons (Fsp3) is 0.143. The molecule has 0 saturated carbocycles. The summed E-state index contributed by atoms with van der Waals surface area (Å²) in [5, 5.41) is 0. The van der Waals surface area contributed by atoms with Gasteiger partial charge in [0.05, 0.1) is 5.52 Å². The summed E-state index contributed by atoms with van der Waals surface area (Å²) >= 11 is 3.41. The molecule has 90 valence electrons. The highest BCUT2D eigenvalue weighted by Crippen LogP contribution is 2.22. The minimum atomic E-state index is 0.745. The van der Waals surface area contributed by atoms with Gasteiger partial charge in [-0.2, -0.15) is 0 Å². The molecular formula is C14H12BrN3. The lowest BCUT2D eigenvalue weighted by Crippen LogP contribution is -1.84. The van der Waals surface area contributed by atoms with Crippen LogP contribution in [0.4, 0.5) is 0 Å². The predicted molar refractivity (Wildman–Crippen MR) is 76.4 cm³/mol. The molecule has 18 heavy (non-hydrogen) atoms. The lowest BCUT2D eigenvalue weighted by Gasteiger charge is -1.99. The number of H-pyrrole nitrogens is 1. The summed E-state index contributed by atoms with van der Waals surface area (Å²) in [7, 11) is 0. The van der Waals surface area contributed by atoms with Crippen LogP contribution in [0, 0.1) is 0 Å². The van der Waals surface area contributed by atoms with Crippen molar-refractivity contribution < 1.29 is 0 Å². The van der Waals surface area contributed by atoms with Crippen LogP contribution in [0.1, 0.15) is 12.5 Å². The Labute approximate surface area is 113 Å². The van der Waals surface area contributed by atoms with Gasteiger partial charge in [-0.3, -0.25) is 0 Å². The van der Waals surface area contributed by atoms with E-state index in [0.717, 1.165) is 33.4 Å². The van der Waals surface area contributed by atoms with E-state index in [9.17, 15) is 0 Å². The van der Waals surface area contributed by atoms with Gasteiger partial charge in [-0.15, -0.1) is 0 Å². The first-order valence-corrected chi connectivity index (χ1v) is 6.66. The maximum absolute atomic E-state index is 4.51. The molecule has 0 saturated heterocycles. The number of nitrogens with one attached hydrogen (secondary N) is 1. The molecule has 0 spiro atoms. The van der Waals surface area contributed by atoms with Crippen molar-refractivity contribution in [3.63, 3.8) is 0 Å². The third kappa shape index (κ3) is 2.04. The molecule has 2 heterocycles. The third-order valence-corrected chi connectivity index (χ3v) is 3.35. The van der Waals surface area contributed by atoms with Gasteiger partial charge < -0.3 is 4.98 Å². The zero-order valence-corrected chi connectivity index (χ0v) is 11.5. The molecular weight excluding hydrogens is 290 g/mol. The smallest absolute Gasteiger partial charge is 0.178 e. The Morgan fingerprint density at radius 2 is 2.17 bits per heavy atom. The average Bonchev–Trinajstić information content (AvgIpc) is 2.81. The van der Waals surface area contributed by atoms with E-state index < -0.39 is 0 Å². The molecule has 2 aromatic heterocycles. The van der Waals surface area contributed by atoms with Crippen LogP contribution in [-0.2, 0) is 6.42 Å². The standard InChI is InChI=1S/C14H12BrN3/c1-2-9-4-3-5-10(6-9)13-17-12-7-11(15)8-16-14(12)18-13/h3-8H,2H2,1H3,(H,16,17,18).